The van der Waals surface area contributed by atoms with Crippen molar-refractivity contribution in [2.75, 3.05) is 5.88 Å². The molecular formula is C16H21Cl3N2. The van der Waals surface area contributed by atoms with E-state index in [4.69, 9.17) is 39.8 Å². The van der Waals surface area contributed by atoms with Gasteiger partial charge in [0, 0.05) is 17.8 Å². The van der Waals surface area contributed by atoms with Gasteiger partial charge in [-0.1, -0.05) is 44.0 Å². The summed E-state index contributed by atoms with van der Waals surface area (Å²) in [6.07, 6.45) is 3.87. The van der Waals surface area contributed by atoms with Gasteiger partial charge in [0.05, 0.1) is 21.1 Å². The standard InChI is InChI=1S/C16H21Cl3N2/c1-4-16(5-2,6-3)21-14-10-12(19)11(18)9-13(14)20-15(21)7-8-17/h9-10H,4-8H2,1-3H3. The third-order valence-corrected chi connectivity index (χ3v) is 5.44. The van der Waals surface area contributed by atoms with Crippen LogP contribution in [-0.2, 0) is 12.0 Å². The number of aromatic nitrogens is 2. The van der Waals surface area contributed by atoms with E-state index in [0.29, 0.717) is 15.9 Å². The Morgan fingerprint density at radius 2 is 1.62 bits per heavy atom. The van der Waals surface area contributed by atoms with Crippen LogP contribution >= 0.6 is 34.8 Å². The molecule has 0 bridgehead atoms. The molecule has 0 aliphatic heterocycles. The first-order chi connectivity index (χ1) is 10.0. The molecule has 0 spiro atoms. The van der Waals surface area contributed by atoms with Crippen LogP contribution in [0.3, 0.4) is 0 Å². The van der Waals surface area contributed by atoms with Crippen LogP contribution in [-0.4, -0.2) is 15.4 Å². The van der Waals surface area contributed by atoms with E-state index in [9.17, 15) is 0 Å². The Morgan fingerprint density at radius 3 is 2.14 bits per heavy atom. The Morgan fingerprint density at radius 1 is 1.05 bits per heavy atom. The van der Waals surface area contributed by atoms with Crippen molar-refractivity contribution >= 4 is 45.8 Å². The molecule has 1 aromatic heterocycles. The van der Waals surface area contributed by atoms with Gasteiger partial charge in [0.2, 0.25) is 0 Å². The average molecular weight is 348 g/mol. The fourth-order valence-electron chi connectivity index (χ4n) is 3.13. The Bertz CT molecular complexity index is 622. The van der Waals surface area contributed by atoms with E-state index in [1.54, 1.807) is 0 Å². The van der Waals surface area contributed by atoms with Gasteiger partial charge in [0.25, 0.3) is 0 Å². The largest absolute Gasteiger partial charge is 0.322 e. The van der Waals surface area contributed by atoms with Crippen molar-refractivity contribution in [3.05, 3.63) is 28.0 Å². The number of benzene rings is 1. The van der Waals surface area contributed by atoms with E-state index in [1.807, 2.05) is 12.1 Å². The van der Waals surface area contributed by atoms with Gasteiger partial charge in [-0.3, -0.25) is 0 Å². The minimum Gasteiger partial charge on any atom is -0.322 e. The van der Waals surface area contributed by atoms with Gasteiger partial charge in [0.1, 0.15) is 5.82 Å². The van der Waals surface area contributed by atoms with Gasteiger partial charge in [0.15, 0.2) is 0 Å². The first-order valence-corrected chi connectivity index (χ1v) is 8.74. The summed E-state index contributed by atoms with van der Waals surface area (Å²) >= 11 is 18.3. The van der Waals surface area contributed by atoms with Crippen molar-refractivity contribution in [2.45, 2.75) is 52.0 Å². The van der Waals surface area contributed by atoms with Crippen molar-refractivity contribution in [3.8, 4) is 0 Å². The molecule has 5 heteroatoms. The van der Waals surface area contributed by atoms with Crippen LogP contribution in [0.25, 0.3) is 11.0 Å². The van der Waals surface area contributed by atoms with Crippen molar-refractivity contribution in [1.29, 1.82) is 0 Å². The maximum atomic E-state index is 6.23. The Labute approximate surface area is 141 Å². The van der Waals surface area contributed by atoms with E-state index in [0.717, 1.165) is 42.5 Å². The van der Waals surface area contributed by atoms with Gasteiger partial charge in [-0.15, -0.1) is 11.6 Å². The molecular weight excluding hydrogens is 327 g/mol. The number of fused-ring (bicyclic) bond motifs is 1. The summed E-state index contributed by atoms with van der Waals surface area (Å²) < 4.78 is 2.34. The Balaban J connectivity index is 2.79. The zero-order chi connectivity index (χ0) is 15.6. The molecule has 2 aromatic rings. The van der Waals surface area contributed by atoms with E-state index < -0.39 is 0 Å². The van der Waals surface area contributed by atoms with Gasteiger partial charge in [-0.2, -0.15) is 0 Å². The maximum Gasteiger partial charge on any atom is 0.111 e. The molecule has 0 radical (unpaired) electrons. The fourth-order valence-corrected chi connectivity index (χ4v) is 3.61. The minimum atomic E-state index is 0.0489. The van der Waals surface area contributed by atoms with Crippen molar-refractivity contribution in [3.63, 3.8) is 0 Å². The zero-order valence-electron chi connectivity index (χ0n) is 12.7. The highest BCUT2D eigenvalue weighted by atomic mass is 35.5. The van der Waals surface area contributed by atoms with Crippen LogP contribution in [0.5, 0.6) is 0 Å². The summed E-state index contributed by atoms with van der Waals surface area (Å²) in [5, 5.41) is 1.11. The van der Waals surface area contributed by atoms with Crippen molar-refractivity contribution in [2.24, 2.45) is 0 Å². The molecule has 1 heterocycles. The average Bonchev–Trinajstić information content (AvgIpc) is 2.81. The molecule has 21 heavy (non-hydrogen) atoms. The van der Waals surface area contributed by atoms with Crippen LogP contribution in [0.15, 0.2) is 12.1 Å². The summed E-state index contributed by atoms with van der Waals surface area (Å²) in [4.78, 5) is 4.75. The Kier molecular flexibility index (Phi) is 5.45. The zero-order valence-corrected chi connectivity index (χ0v) is 15.0. The van der Waals surface area contributed by atoms with Crippen LogP contribution in [0.2, 0.25) is 10.0 Å². The lowest BCUT2D eigenvalue weighted by molar-refractivity contribution is 0.251. The SMILES string of the molecule is CCC(CC)(CC)n1c(CCCl)nc2cc(Cl)c(Cl)cc21. The monoisotopic (exact) mass is 346 g/mol. The number of imidazole rings is 1. The second kappa shape index (κ2) is 6.76. The molecule has 0 atom stereocenters. The lowest BCUT2D eigenvalue weighted by Crippen LogP contribution is -2.33. The minimum absolute atomic E-state index is 0.0489. The second-order valence-corrected chi connectivity index (χ2v) is 6.53. The normalized spacial score (nSPS) is 12.3. The predicted octanol–water partition coefficient (Wildman–Crippen LogP) is 6.05. The highest BCUT2D eigenvalue weighted by molar-refractivity contribution is 6.42. The summed E-state index contributed by atoms with van der Waals surface area (Å²) in [6.45, 7) is 6.67. The summed E-state index contributed by atoms with van der Waals surface area (Å²) in [6, 6.07) is 3.78. The van der Waals surface area contributed by atoms with E-state index in [1.165, 1.54) is 0 Å². The smallest absolute Gasteiger partial charge is 0.111 e. The molecule has 0 saturated heterocycles. The molecule has 0 N–H and O–H groups in total. The third-order valence-electron chi connectivity index (χ3n) is 4.53. The molecule has 1 aromatic carbocycles. The van der Waals surface area contributed by atoms with Crippen LogP contribution < -0.4 is 0 Å². The highest BCUT2D eigenvalue weighted by Crippen LogP contribution is 2.37. The molecule has 116 valence electrons. The Hall–Kier alpha value is -0.440. The topological polar surface area (TPSA) is 17.8 Å². The molecule has 0 unspecified atom stereocenters. The summed E-state index contributed by atoms with van der Waals surface area (Å²) in [5.41, 5.74) is 1.99. The molecule has 2 rings (SSSR count). The predicted molar refractivity (Wildman–Crippen MR) is 93.0 cm³/mol. The second-order valence-electron chi connectivity index (χ2n) is 5.34. The fraction of sp³-hybridized carbons (Fsp3) is 0.562. The number of hydrogen-bond donors (Lipinski definition) is 0. The van der Waals surface area contributed by atoms with Gasteiger partial charge >= 0.3 is 0 Å². The maximum absolute atomic E-state index is 6.23. The van der Waals surface area contributed by atoms with Gasteiger partial charge in [-0.05, 0) is 31.4 Å². The van der Waals surface area contributed by atoms with Crippen LogP contribution in [0.1, 0.15) is 45.9 Å². The molecule has 0 aliphatic rings. The van der Waals surface area contributed by atoms with E-state index in [-0.39, 0.29) is 5.54 Å². The van der Waals surface area contributed by atoms with Crippen molar-refractivity contribution in [1.82, 2.24) is 9.55 Å². The highest BCUT2D eigenvalue weighted by Gasteiger charge is 2.30. The molecule has 0 amide bonds. The third kappa shape index (κ3) is 2.91. The molecule has 0 aliphatic carbocycles. The van der Waals surface area contributed by atoms with Crippen LogP contribution in [0, 0.1) is 0 Å². The van der Waals surface area contributed by atoms with E-state index >= 15 is 0 Å². The number of halogens is 3. The van der Waals surface area contributed by atoms with Crippen molar-refractivity contribution < 1.29 is 0 Å². The van der Waals surface area contributed by atoms with Crippen LogP contribution in [0.4, 0.5) is 0 Å². The first kappa shape index (κ1) is 16.9. The molecule has 2 nitrogen and oxygen atoms in total. The number of alkyl halides is 1. The first-order valence-electron chi connectivity index (χ1n) is 7.45. The van der Waals surface area contributed by atoms with Gasteiger partial charge < -0.3 is 4.57 Å². The number of hydrogen-bond acceptors (Lipinski definition) is 1. The summed E-state index contributed by atoms with van der Waals surface area (Å²) in [5.74, 6) is 1.57. The van der Waals surface area contributed by atoms with Gasteiger partial charge in [-0.25, -0.2) is 4.98 Å². The number of nitrogens with zero attached hydrogens (tertiary/aromatic N) is 2. The molecule has 0 saturated carbocycles. The summed E-state index contributed by atoms with van der Waals surface area (Å²) in [7, 11) is 0. The number of rotatable bonds is 6. The molecule has 0 fully saturated rings. The van der Waals surface area contributed by atoms with E-state index in [2.05, 4.69) is 25.3 Å². The lowest BCUT2D eigenvalue weighted by Gasteiger charge is -2.34. The lowest BCUT2D eigenvalue weighted by atomic mass is 9.89. The number of aryl methyl sites for hydroxylation is 1. The quantitative estimate of drug-likeness (QED) is 0.582.